The number of nitro benzene ring substituents is 1. The van der Waals surface area contributed by atoms with Crippen molar-refractivity contribution in [1.82, 2.24) is 0 Å². The Hall–Kier alpha value is -1.53. The number of hydrogen-bond acceptors (Lipinski definition) is 4. The first-order valence-corrected chi connectivity index (χ1v) is 6.69. The van der Waals surface area contributed by atoms with E-state index in [4.69, 9.17) is 0 Å². The number of rotatable bonds is 4. The Balaban J connectivity index is 2.10. The Morgan fingerprint density at radius 1 is 1.22 bits per heavy atom. The van der Waals surface area contributed by atoms with Crippen molar-refractivity contribution in [1.29, 1.82) is 0 Å². The second-order valence-corrected chi connectivity index (χ2v) is 6.09. The van der Waals surface area contributed by atoms with Crippen molar-refractivity contribution in [2.75, 3.05) is 0 Å². The maximum Gasteiger partial charge on any atom is 0.269 e. The molecule has 0 radical (unpaired) electrons. The molecule has 0 N–H and O–H groups in total. The van der Waals surface area contributed by atoms with E-state index in [0.29, 0.717) is 4.88 Å². The van der Waals surface area contributed by atoms with Gasteiger partial charge in [-0.3, -0.25) is 14.9 Å². The Bertz CT molecular complexity index is 592. The number of nitro groups is 1. The smallest absolute Gasteiger partial charge is 0.269 e. The van der Waals surface area contributed by atoms with E-state index in [1.54, 1.807) is 18.2 Å². The molecule has 1 aromatic carbocycles. The van der Waals surface area contributed by atoms with Crippen LogP contribution >= 0.6 is 27.3 Å². The molecule has 0 amide bonds. The molecule has 18 heavy (non-hydrogen) atoms. The summed E-state index contributed by atoms with van der Waals surface area (Å²) in [6, 6.07) is 9.63. The SMILES string of the molecule is O=C(Cc1ccc([N+](=O)[O-])cc1)c1ccc(Br)s1. The standard InChI is InChI=1S/C12H8BrNO3S/c13-12-6-5-11(18-12)10(15)7-8-1-3-9(4-2-8)14(16)17/h1-6H,7H2. The number of benzene rings is 1. The van der Waals surface area contributed by atoms with Gasteiger partial charge in [0.25, 0.3) is 5.69 Å². The van der Waals surface area contributed by atoms with Crippen molar-refractivity contribution in [3.8, 4) is 0 Å². The van der Waals surface area contributed by atoms with E-state index >= 15 is 0 Å². The Morgan fingerprint density at radius 3 is 2.39 bits per heavy atom. The van der Waals surface area contributed by atoms with Gasteiger partial charge in [0.2, 0.25) is 0 Å². The summed E-state index contributed by atoms with van der Waals surface area (Å²) < 4.78 is 0.912. The molecule has 0 fully saturated rings. The second kappa shape index (κ2) is 5.41. The average Bonchev–Trinajstić information content (AvgIpc) is 2.76. The Morgan fingerprint density at radius 2 is 1.89 bits per heavy atom. The molecule has 4 nitrogen and oxygen atoms in total. The molecule has 0 saturated carbocycles. The summed E-state index contributed by atoms with van der Waals surface area (Å²) >= 11 is 4.68. The third-order valence-electron chi connectivity index (χ3n) is 2.36. The summed E-state index contributed by atoms with van der Waals surface area (Å²) in [5, 5.41) is 10.5. The van der Waals surface area contributed by atoms with Crippen LogP contribution in [0.1, 0.15) is 15.2 Å². The van der Waals surface area contributed by atoms with E-state index in [1.807, 2.05) is 6.07 Å². The minimum absolute atomic E-state index is 0.0135. The highest BCUT2D eigenvalue weighted by molar-refractivity contribution is 9.11. The fourth-order valence-electron chi connectivity index (χ4n) is 1.47. The summed E-state index contributed by atoms with van der Waals surface area (Å²) in [6.07, 6.45) is 0.255. The van der Waals surface area contributed by atoms with Crippen LogP contribution in [0.3, 0.4) is 0 Å². The molecule has 0 atom stereocenters. The lowest BCUT2D eigenvalue weighted by Crippen LogP contribution is -2.01. The summed E-state index contributed by atoms with van der Waals surface area (Å²) in [5.41, 5.74) is 0.806. The van der Waals surface area contributed by atoms with E-state index in [1.165, 1.54) is 23.5 Å². The maximum absolute atomic E-state index is 11.9. The van der Waals surface area contributed by atoms with Gasteiger partial charge in [0, 0.05) is 18.6 Å². The van der Waals surface area contributed by atoms with Gasteiger partial charge >= 0.3 is 0 Å². The largest absolute Gasteiger partial charge is 0.293 e. The van der Waals surface area contributed by atoms with Crippen LogP contribution in [0.5, 0.6) is 0 Å². The van der Waals surface area contributed by atoms with Crippen LogP contribution in [0.2, 0.25) is 0 Å². The maximum atomic E-state index is 11.9. The number of halogens is 1. The fraction of sp³-hybridized carbons (Fsp3) is 0.0833. The molecule has 2 rings (SSSR count). The summed E-state index contributed by atoms with van der Waals surface area (Å²) in [4.78, 5) is 22.6. The topological polar surface area (TPSA) is 60.2 Å². The van der Waals surface area contributed by atoms with Gasteiger partial charge < -0.3 is 0 Å². The average molecular weight is 326 g/mol. The molecule has 0 unspecified atom stereocenters. The number of carbonyl (C=O) groups excluding carboxylic acids is 1. The molecule has 1 aromatic heterocycles. The quantitative estimate of drug-likeness (QED) is 0.487. The zero-order chi connectivity index (χ0) is 13.1. The van der Waals surface area contributed by atoms with Gasteiger partial charge in [-0.1, -0.05) is 12.1 Å². The lowest BCUT2D eigenvalue weighted by molar-refractivity contribution is -0.384. The van der Waals surface area contributed by atoms with Crippen molar-refractivity contribution in [2.45, 2.75) is 6.42 Å². The number of thiophene rings is 1. The van der Waals surface area contributed by atoms with Crippen LogP contribution in [0.4, 0.5) is 5.69 Å². The molecule has 1 heterocycles. The third-order valence-corrected chi connectivity index (χ3v) is 4.02. The van der Waals surface area contributed by atoms with E-state index < -0.39 is 4.92 Å². The lowest BCUT2D eigenvalue weighted by Gasteiger charge is -1.99. The first-order valence-electron chi connectivity index (χ1n) is 5.08. The zero-order valence-corrected chi connectivity index (χ0v) is 11.5. The number of non-ortho nitro benzene ring substituents is 1. The lowest BCUT2D eigenvalue weighted by atomic mass is 10.1. The van der Waals surface area contributed by atoms with Gasteiger partial charge in [-0.25, -0.2) is 0 Å². The van der Waals surface area contributed by atoms with Gasteiger partial charge in [-0.05, 0) is 33.6 Å². The highest BCUT2D eigenvalue weighted by Crippen LogP contribution is 2.23. The van der Waals surface area contributed by atoms with E-state index in [0.717, 1.165) is 9.35 Å². The van der Waals surface area contributed by atoms with Crippen LogP contribution in [-0.4, -0.2) is 10.7 Å². The van der Waals surface area contributed by atoms with Crippen molar-refractivity contribution >= 4 is 38.7 Å². The minimum Gasteiger partial charge on any atom is -0.293 e. The third kappa shape index (κ3) is 3.02. The second-order valence-electron chi connectivity index (χ2n) is 3.63. The van der Waals surface area contributed by atoms with Crippen LogP contribution in [0.15, 0.2) is 40.2 Å². The van der Waals surface area contributed by atoms with Crippen LogP contribution < -0.4 is 0 Å². The number of carbonyl (C=O) groups is 1. The van der Waals surface area contributed by atoms with Crippen molar-refractivity contribution < 1.29 is 9.72 Å². The van der Waals surface area contributed by atoms with Gasteiger partial charge in [0.15, 0.2) is 5.78 Å². The number of Topliss-reactive ketones (excluding diaryl/α,β-unsaturated/α-hetero) is 1. The molecule has 0 aliphatic heterocycles. The van der Waals surface area contributed by atoms with Crippen molar-refractivity contribution in [3.63, 3.8) is 0 Å². The van der Waals surface area contributed by atoms with Crippen LogP contribution in [-0.2, 0) is 6.42 Å². The van der Waals surface area contributed by atoms with Gasteiger partial charge in [0.05, 0.1) is 13.6 Å². The number of hydrogen-bond donors (Lipinski definition) is 0. The van der Waals surface area contributed by atoms with E-state index in [2.05, 4.69) is 15.9 Å². The Labute approximate surface area is 116 Å². The predicted molar refractivity (Wildman–Crippen MR) is 73.1 cm³/mol. The van der Waals surface area contributed by atoms with Gasteiger partial charge in [-0.2, -0.15) is 0 Å². The first-order chi connectivity index (χ1) is 8.56. The van der Waals surface area contributed by atoms with Crippen molar-refractivity contribution in [2.24, 2.45) is 0 Å². The van der Waals surface area contributed by atoms with Gasteiger partial charge in [-0.15, -0.1) is 11.3 Å². The molecule has 0 saturated heterocycles. The molecule has 0 bridgehead atoms. The monoisotopic (exact) mass is 325 g/mol. The molecule has 2 aromatic rings. The first kappa shape index (κ1) is 12.9. The van der Waals surface area contributed by atoms with E-state index in [-0.39, 0.29) is 17.9 Å². The fourth-order valence-corrected chi connectivity index (χ4v) is 2.80. The highest BCUT2D eigenvalue weighted by atomic mass is 79.9. The van der Waals surface area contributed by atoms with Crippen molar-refractivity contribution in [3.05, 3.63) is 60.7 Å². The molecule has 0 spiro atoms. The molecule has 0 aliphatic rings. The normalized spacial score (nSPS) is 10.3. The molecular weight excluding hydrogens is 318 g/mol. The minimum atomic E-state index is -0.456. The number of nitrogens with zero attached hydrogens (tertiary/aromatic N) is 1. The number of ketones is 1. The molecular formula is C12H8BrNO3S. The summed E-state index contributed by atoms with van der Waals surface area (Å²) in [7, 11) is 0. The Kier molecular flexibility index (Phi) is 3.88. The summed E-state index contributed by atoms with van der Waals surface area (Å²) in [6.45, 7) is 0. The predicted octanol–water partition coefficient (Wildman–Crippen LogP) is 3.84. The summed E-state index contributed by atoms with van der Waals surface area (Å²) in [5.74, 6) is 0.0135. The highest BCUT2D eigenvalue weighted by Gasteiger charge is 2.11. The molecule has 0 aliphatic carbocycles. The molecule has 92 valence electrons. The molecule has 6 heteroatoms. The van der Waals surface area contributed by atoms with Gasteiger partial charge in [0.1, 0.15) is 0 Å². The van der Waals surface area contributed by atoms with Crippen LogP contribution in [0, 0.1) is 10.1 Å². The van der Waals surface area contributed by atoms with Crippen LogP contribution in [0.25, 0.3) is 0 Å². The van der Waals surface area contributed by atoms with E-state index in [9.17, 15) is 14.9 Å². The zero-order valence-electron chi connectivity index (χ0n) is 9.13.